The summed E-state index contributed by atoms with van der Waals surface area (Å²) < 4.78 is 0. The first-order valence-corrected chi connectivity index (χ1v) is 5.04. The lowest BCUT2D eigenvalue weighted by molar-refractivity contribution is -0.123. The summed E-state index contributed by atoms with van der Waals surface area (Å²) in [4.78, 5) is 11.7. The molecule has 0 bridgehead atoms. The standard InChI is InChI=1S/C11H17NO/c1-4-8-9(5-6-12)10(8)11(13)7(2)3/h7-10H,4-5H2,1-3H3. The zero-order chi connectivity index (χ0) is 10.0. The van der Waals surface area contributed by atoms with Crippen molar-refractivity contribution in [3.8, 4) is 6.07 Å². The Morgan fingerprint density at radius 3 is 2.46 bits per heavy atom. The first-order chi connectivity index (χ1) is 6.13. The largest absolute Gasteiger partial charge is 0.299 e. The number of rotatable bonds is 4. The van der Waals surface area contributed by atoms with Crippen molar-refractivity contribution >= 4 is 5.78 Å². The van der Waals surface area contributed by atoms with Gasteiger partial charge in [-0.25, -0.2) is 0 Å². The number of hydrogen-bond donors (Lipinski definition) is 0. The Labute approximate surface area is 79.9 Å². The van der Waals surface area contributed by atoms with Crippen LogP contribution in [0, 0.1) is 35.0 Å². The number of hydrogen-bond acceptors (Lipinski definition) is 2. The van der Waals surface area contributed by atoms with Gasteiger partial charge in [0.15, 0.2) is 0 Å². The van der Waals surface area contributed by atoms with Crippen LogP contribution < -0.4 is 0 Å². The molecular formula is C11H17NO. The Morgan fingerprint density at radius 2 is 2.08 bits per heavy atom. The van der Waals surface area contributed by atoms with Crippen molar-refractivity contribution < 1.29 is 4.79 Å². The van der Waals surface area contributed by atoms with Crippen LogP contribution in [0.5, 0.6) is 0 Å². The van der Waals surface area contributed by atoms with E-state index in [1.54, 1.807) is 0 Å². The van der Waals surface area contributed by atoms with E-state index < -0.39 is 0 Å². The van der Waals surface area contributed by atoms with Gasteiger partial charge >= 0.3 is 0 Å². The van der Waals surface area contributed by atoms with Crippen molar-refractivity contribution in [2.24, 2.45) is 23.7 Å². The predicted molar refractivity (Wildman–Crippen MR) is 50.8 cm³/mol. The summed E-state index contributed by atoms with van der Waals surface area (Å²) in [6.45, 7) is 5.98. The molecule has 0 aliphatic heterocycles. The Kier molecular flexibility index (Phi) is 3.08. The molecule has 72 valence electrons. The summed E-state index contributed by atoms with van der Waals surface area (Å²) in [7, 11) is 0. The van der Waals surface area contributed by atoms with Gasteiger partial charge in [-0.15, -0.1) is 0 Å². The highest BCUT2D eigenvalue weighted by Gasteiger charge is 2.52. The Bertz CT molecular complexity index is 239. The Balaban J connectivity index is 2.54. The minimum absolute atomic E-state index is 0.128. The number of nitriles is 1. The molecule has 1 saturated carbocycles. The van der Waals surface area contributed by atoms with E-state index in [-0.39, 0.29) is 11.8 Å². The molecule has 0 saturated heterocycles. The summed E-state index contributed by atoms with van der Waals surface area (Å²) in [5.74, 6) is 1.54. The monoisotopic (exact) mass is 179 g/mol. The third-order valence-corrected chi connectivity index (χ3v) is 3.03. The molecule has 0 amide bonds. The van der Waals surface area contributed by atoms with Gasteiger partial charge < -0.3 is 0 Å². The minimum Gasteiger partial charge on any atom is -0.299 e. The number of nitrogens with zero attached hydrogens (tertiary/aromatic N) is 1. The maximum Gasteiger partial charge on any atom is 0.139 e. The second-order valence-electron chi connectivity index (χ2n) is 4.18. The van der Waals surface area contributed by atoms with Gasteiger partial charge in [-0.2, -0.15) is 5.26 Å². The lowest BCUT2D eigenvalue weighted by atomic mass is 10.0. The maximum absolute atomic E-state index is 11.7. The van der Waals surface area contributed by atoms with Gasteiger partial charge in [-0.3, -0.25) is 4.79 Å². The molecule has 13 heavy (non-hydrogen) atoms. The summed E-state index contributed by atoms with van der Waals surface area (Å²) in [6.07, 6.45) is 1.59. The van der Waals surface area contributed by atoms with Gasteiger partial charge in [0.25, 0.3) is 0 Å². The number of carbonyl (C=O) groups is 1. The van der Waals surface area contributed by atoms with Crippen molar-refractivity contribution in [3.05, 3.63) is 0 Å². The molecule has 0 N–H and O–H groups in total. The van der Waals surface area contributed by atoms with Crippen molar-refractivity contribution in [1.29, 1.82) is 5.26 Å². The summed E-state index contributed by atoms with van der Waals surface area (Å²) in [5.41, 5.74) is 0. The van der Waals surface area contributed by atoms with E-state index >= 15 is 0 Å². The van der Waals surface area contributed by atoms with Crippen molar-refractivity contribution in [2.45, 2.75) is 33.6 Å². The molecule has 2 heteroatoms. The van der Waals surface area contributed by atoms with Gasteiger partial charge in [0.1, 0.15) is 5.78 Å². The fraction of sp³-hybridized carbons (Fsp3) is 0.818. The lowest BCUT2D eigenvalue weighted by Gasteiger charge is -2.01. The van der Waals surface area contributed by atoms with E-state index in [1.165, 1.54) is 0 Å². The topological polar surface area (TPSA) is 40.9 Å². The second kappa shape index (κ2) is 3.91. The van der Waals surface area contributed by atoms with E-state index in [0.717, 1.165) is 6.42 Å². The van der Waals surface area contributed by atoms with Gasteiger partial charge in [0.05, 0.1) is 6.07 Å². The van der Waals surface area contributed by atoms with Crippen molar-refractivity contribution in [1.82, 2.24) is 0 Å². The zero-order valence-corrected chi connectivity index (χ0v) is 8.58. The molecule has 3 atom stereocenters. The molecule has 0 aromatic rings. The SMILES string of the molecule is CCC1C(CC#N)C1C(=O)C(C)C. The molecular weight excluding hydrogens is 162 g/mol. The molecule has 0 aromatic heterocycles. The van der Waals surface area contributed by atoms with Crippen molar-refractivity contribution in [3.63, 3.8) is 0 Å². The smallest absolute Gasteiger partial charge is 0.139 e. The van der Waals surface area contributed by atoms with Crippen molar-refractivity contribution in [2.75, 3.05) is 0 Å². The van der Waals surface area contributed by atoms with E-state index in [9.17, 15) is 4.79 Å². The van der Waals surface area contributed by atoms with Crippen LogP contribution in [0.1, 0.15) is 33.6 Å². The molecule has 0 spiro atoms. The molecule has 3 unspecified atom stereocenters. The summed E-state index contributed by atoms with van der Waals surface area (Å²) >= 11 is 0. The normalized spacial score (nSPS) is 31.5. The zero-order valence-electron chi connectivity index (χ0n) is 8.58. The third kappa shape index (κ3) is 1.91. The van der Waals surface area contributed by atoms with Crippen LogP contribution in [-0.4, -0.2) is 5.78 Å². The number of Topliss-reactive ketones (excluding diaryl/α,β-unsaturated/α-hetero) is 1. The van der Waals surface area contributed by atoms with E-state index in [1.807, 2.05) is 13.8 Å². The number of ketones is 1. The summed E-state index contributed by atoms with van der Waals surface area (Å²) in [6, 6.07) is 2.17. The van der Waals surface area contributed by atoms with E-state index in [0.29, 0.717) is 24.0 Å². The predicted octanol–water partition coefficient (Wildman–Crippen LogP) is 2.40. The highest BCUT2D eigenvalue weighted by atomic mass is 16.1. The Morgan fingerprint density at radius 1 is 1.46 bits per heavy atom. The fourth-order valence-corrected chi connectivity index (χ4v) is 2.19. The van der Waals surface area contributed by atoms with Crippen LogP contribution in [0.2, 0.25) is 0 Å². The molecule has 2 nitrogen and oxygen atoms in total. The molecule has 1 aliphatic carbocycles. The van der Waals surface area contributed by atoms with Crippen LogP contribution in [0.3, 0.4) is 0 Å². The van der Waals surface area contributed by atoms with E-state index in [4.69, 9.17) is 5.26 Å². The van der Waals surface area contributed by atoms with Crippen LogP contribution >= 0.6 is 0 Å². The lowest BCUT2D eigenvalue weighted by Crippen LogP contribution is -2.11. The Hall–Kier alpha value is -0.840. The molecule has 0 aromatic carbocycles. The molecule has 0 radical (unpaired) electrons. The summed E-state index contributed by atoms with van der Waals surface area (Å²) in [5, 5.41) is 8.57. The van der Waals surface area contributed by atoms with E-state index in [2.05, 4.69) is 13.0 Å². The molecule has 1 aliphatic rings. The molecule has 1 fully saturated rings. The van der Waals surface area contributed by atoms with Gasteiger partial charge in [0, 0.05) is 18.3 Å². The fourth-order valence-electron chi connectivity index (χ4n) is 2.19. The van der Waals surface area contributed by atoms with Crippen LogP contribution in [0.25, 0.3) is 0 Å². The van der Waals surface area contributed by atoms with Gasteiger partial charge in [-0.05, 0) is 11.8 Å². The molecule has 0 heterocycles. The highest BCUT2D eigenvalue weighted by molar-refractivity contribution is 5.86. The first-order valence-electron chi connectivity index (χ1n) is 5.04. The van der Waals surface area contributed by atoms with Gasteiger partial charge in [0.2, 0.25) is 0 Å². The number of carbonyl (C=O) groups excluding carboxylic acids is 1. The third-order valence-electron chi connectivity index (χ3n) is 3.03. The van der Waals surface area contributed by atoms with Crippen LogP contribution in [0.4, 0.5) is 0 Å². The molecule has 1 rings (SSSR count). The average molecular weight is 179 g/mol. The maximum atomic E-state index is 11.7. The first kappa shape index (κ1) is 10.2. The average Bonchev–Trinajstić information content (AvgIpc) is 2.77. The van der Waals surface area contributed by atoms with Crippen LogP contribution in [0.15, 0.2) is 0 Å². The highest BCUT2D eigenvalue weighted by Crippen LogP contribution is 2.51. The van der Waals surface area contributed by atoms with Gasteiger partial charge in [-0.1, -0.05) is 27.2 Å². The second-order valence-corrected chi connectivity index (χ2v) is 4.18. The quantitative estimate of drug-likeness (QED) is 0.665. The van der Waals surface area contributed by atoms with Crippen LogP contribution in [-0.2, 0) is 4.79 Å². The minimum atomic E-state index is 0.128.